The molecule has 0 saturated heterocycles. The Morgan fingerprint density at radius 1 is 1.24 bits per heavy atom. The first-order valence-corrected chi connectivity index (χ1v) is 8.52. The van der Waals surface area contributed by atoms with Gasteiger partial charge in [-0.15, -0.1) is 11.3 Å². The molecule has 0 aliphatic carbocycles. The number of hydrogen-bond donors (Lipinski definition) is 1. The topological polar surface area (TPSA) is 28.2 Å². The van der Waals surface area contributed by atoms with Gasteiger partial charge in [-0.25, -0.2) is 4.98 Å². The highest BCUT2D eigenvalue weighted by Gasteiger charge is 2.09. The zero-order valence-electron chi connectivity index (χ0n) is 12.8. The van der Waals surface area contributed by atoms with E-state index in [1.54, 1.807) is 11.3 Å². The fourth-order valence-corrected chi connectivity index (χ4v) is 3.26. The van der Waals surface area contributed by atoms with Crippen molar-refractivity contribution in [3.8, 4) is 0 Å². The molecule has 0 aliphatic heterocycles. The minimum absolute atomic E-state index is 0.293. The van der Waals surface area contributed by atoms with E-state index in [-0.39, 0.29) is 0 Å². The molecule has 1 atom stereocenters. The van der Waals surface area contributed by atoms with Crippen molar-refractivity contribution in [3.05, 3.63) is 45.9 Å². The molecule has 0 radical (unpaired) electrons. The van der Waals surface area contributed by atoms with Crippen LogP contribution in [0.1, 0.15) is 37.3 Å². The van der Waals surface area contributed by atoms with Gasteiger partial charge in [-0.2, -0.15) is 0 Å². The Bertz CT molecular complexity index is 549. The molecular weight excluding hydrogens is 302 g/mol. The molecule has 0 spiro atoms. The lowest BCUT2D eigenvalue weighted by Gasteiger charge is -2.16. The van der Waals surface area contributed by atoms with Gasteiger partial charge in [0, 0.05) is 41.8 Å². The van der Waals surface area contributed by atoms with Crippen LogP contribution in [0.25, 0.3) is 0 Å². The number of anilines is 1. The number of hydrogen-bond acceptors (Lipinski definition) is 4. The zero-order valence-corrected chi connectivity index (χ0v) is 14.3. The van der Waals surface area contributed by atoms with Gasteiger partial charge in [0.25, 0.3) is 0 Å². The number of aromatic nitrogens is 1. The standard InChI is InChI=1S/C16H22ClN3S/c1-4-20(5-2)16-19-11-15(21-16)10-18-12(3)13-6-8-14(17)9-7-13/h6-9,11-12,18H,4-5,10H2,1-3H3. The predicted molar refractivity (Wildman–Crippen MR) is 92.4 cm³/mol. The van der Waals surface area contributed by atoms with E-state index in [4.69, 9.17) is 11.6 Å². The number of benzene rings is 1. The molecule has 5 heteroatoms. The van der Waals surface area contributed by atoms with Gasteiger partial charge in [0.2, 0.25) is 0 Å². The molecule has 0 fully saturated rings. The monoisotopic (exact) mass is 323 g/mol. The second kappa shape index (κ2) is 7.78. The molecule has 1 aromatic heterocycles. The van der Waals surface area contributed by atoms with E-state index in [0.29, 0.717) is 6.04 Å². The van der Waals surface area contributed by atoms with E-state index in [1.807, 2.05) is 18.3 Å². The van der Waals surface area contributed by atoms with Crippen molar-refractivity contribution in [1.29, 1.82) is 0 Å². The number of rotatable bonds is 7. The van der Waals surface area contributed by atoms with E-state index < -0.39 is 0 Å². The van der Waals surface area contributed by atoms with Gasteiger partial charge in [0.1, 0.15) is 0 Å². The van der Waals surface area contributed by atoms with Gasteiger partial charge < -0.3 is 10.2 Å². The fraction of sp³-hybridized carbons (Fsp3) is 0.438. The number of halogens is 1. The smallest absolute Gasteiger partial charge is 0.185 e. The summed E-state index contributed by atoms with van der Waals surface area (Å²) in [6.07, 6.45) is 1.97. The summed E-state index contributed by atoms with van der Waals surface area (Å²) in [6.45, 7) is 9.31. The number of nitrogens with one attached hydrogen (secondary N) is 1. The van der Waals surface area contributed by atoms with Crippen LogP contribution in [0.5, 0.6) is 0 Å². The van der Waals surface area contributed by atoms with Crippen molar-refractivity contribution in [2.24, 2.45) is 0 Å². The SMILES string of the molecule is CCN(CC)c1ncc(CNC(C)c2ccc(Cl)cc2)s1. The average molecular weight is 324 g/mol. The predicted octanol–water partition coefficient (Wildman–Crippen LogP) is 4.49. The molecule has 1 unspecified atom stereocenters. The molecule has 2 rings (SSSR count). The Balaban J connectivity index is 1.92. The van der Waals surface area contributed by atoms with E-state index in [0.717, 1.165) is 29.8 Å². The van der Waals surface area contributed by atoms with E-state index in [1.165, 1.54) is 10.4 Å². The normalized spacial score (nSPS) is 12.4. The highest BCUT2D eigenvalue weighted by molar-refractivity contribution is 7.15. The van der Waals surface area contributed by atoms with Crippen LogP contribution in [0.3, 0.4) is 0 Å². The number of thiazole rings is 1. The van der Waals surface area contributed by atoms with Crippen LogP contribution in [0.4, 0.5) is 5.13 Å². The molecule has 0 bridgehead atoms. The molecule has 1 aromatic carbocycles. The summed E-state index contributed by atoms with van der Waals surface area (Å²) in [5, 5.41) is 5.41. The van der Waals surface area contributed by atoms with Crippen LogP contribution in [-0.2, 0) is 6.54 Å². The van der Waals surface area contributed by atoms with Crippen molar-refractivity contribution in [2.75, 3.05) is 18.0 Å². The molecule has 3 nitrogen and oxygen atoms in total. The van der Waals surface area contributed by atoms with Crippen molar-refractivity contribution in [1.82, 2.24) is 10.3 Å². The minimum atomic E-state index is 0.293. The van der Waals surface area contributed by atoms with Gasteiger partial charge >= 0.3 is 0 Å². The summed E-state index contributed by atoms with van der Waals surface area (Å²) in [4.78, 5) is 8.04. The Hall–Kier alpha value is -1.10. The summed E-state index contributed by atoms with van der Waals surface area (Å²) < 4.78 is 0. The Morgan fingerprint density at radius 2 is 1.90 bits per heavy atom. The second-order valence-electron chi connectivity index (χ2n) is 4.94. The minimum Gasteiger partial charge on any atom is -0.349 e. The third kappa shape index (κ3) is 4.43. The van der Waals surface area contributed by atoms with Gasteiger partial charge in [-0.05, 0) is 38.5 Å². The highest BCUT2D eigenvalue weighted by atomic mass is 35.5. The van der Waals surface area contributed by atoms with Crippen LogP contribution in [0.2, 0.25) is 5.02 Å². The van der Waals surface area contributed by atoms with Crippen molar-refractivity contribution in [3.63, 3.8) is 0 Å². The first-order valence-electron chi connectivity index (χ1n) is 7.32. The summed E-state index contributed by atoms with van der Waals surface area (Å²) in [5.41, 5.74) is 1.24. The number of nitrogens with zero attached hydrogens (tertiary/aromatic N) is 2. The van der Waals surface area contributed by atoms with Gasteiger partial charge in [-0.3, -0.25) is 0 Å². The molecule has 114 valence electrons. The first-order chi connectivity index (χ1) is 10.1. The van der Waals surface area contributed by atoms with Crippen LogP contribution < -0.4 is 10.2 Å². The average Bonchev–Trinajstić information content (AvgIpc) is 2.96. The lowest BCUT2D eigenvalue weighted by atomic mass is 10.1. The molecular formula is C16H22ClN3S. The molecule has 0 aliphatic rings. The van der Waals surface area contributed by atoms with Gasteiger partial charge in [-0.1, -0.05) is 23.7 Å². The quantitative estimate of drug-likeness (QED) is 0.813. The summed E-state index contributed by atoms with van der Waals surface area (Å²) in [7, 11) is 0. The molecule has 1 heterocycles. The Morgan fingerprint density at radius 3 is 2.52 bits per heavy atom. The van der Waals surface area contributed by atoms with Crippen molar-refractivity contribution >= 4 is 28.1 Å². The van der Waals surface area contributed by atoms with E-state index in [9.17, 15) is 0 Å². The molecule has 0 saturated carbocycles. The third-order valence-electron chi connectivity index (χ3n) is 3.53. The Kier molecular flexibility index (Phi) is 6.03. The highest BCUT2D eigenvalue weighted by Crippen LogP contribution is 2.23. The summed E-state index contributed by atoms with van der Waals surface area (Å²) in [5.74, 6) is 0. The Labute approximate surface area is 136 Å². The van der Waals surface area contributed by atoms with E-state index in [2.05, 4.69) is 48.1 Å². The zero-order chi connectivity index (χ0) is 15.2. The van der Waals surface area contributed by atoms with Crippen molar-refractivity contribution in [2.45, 2.75) is 33.4 Å². The maximum absolute atomic E-state index is 5.92. The van der Waals surface area contributed by atoms with Gasteiger partial charge in [0.05, 0.1) is 0 Å². The first kappa shape index (κ1) is 16.3. The molecule has 0 amide bonds. The van der Waals surface area contributed by atoms with E-state index >= 15 is 0 Å². The maximum Gasteiger partial charge on any atom is 0.185 e. The lowest BCUT2D eigenvalue weighted by molar-refractivity contribution is 0.578. The summed E-state index contributed by atoms with van der Waals surface area (Å²) in [6, 6.07) is 8.28. The maximum atomic E-state index is 5.92. The second-order valence-corrected chi connectivity index (χ2v) is 6.47. The molecule has 2 aromatic rings. The van der Waals surface area contributed by atoms with Crippen LogP contribution >= 0.6 is 22.9 Å². The summed E-state index contributed by atoms with van der Waals surface area (Å²) >= 11 is 7.68. The van der Waals surface area contributed by atoms with Crippen LogP contribution in [-0.4, -0.2) is 18.1 Å². The molecule has 21 heavy (non-hydrogen) atoms. The lowest BCUT2D eigenvalue weighted by Crippen LogP contribution is -2.21. The van der Waals surface area contributed by atoms with Crippen LogP contribution in [0.15, 0.2) is 30.5 Å². The van der Waals surface area contributed by atoms with Gasteiger partial charge in [0.15, 0.2) is 5.13 Å². The van der Waals surface area contributed by atoms with Crippen LogP contribution in [0, 0.1) is 0 Å². The fourth-order valence-electron chi connectivity index (χ4n) is 2.14. The largest absolute Gasteiger partial charge is 0.349 e. The third-order valence-corrected chi connectivity index (χ3v) is 4.84. The van der Waals surface area contributed by atoms with Crippen molar-refractivity contribution < 1.29 is 0 Å². The molecule has 1 N–H and O–H groups in total.